The molecule has 2 aromatic heterocycles. The van der Waals surface area contributed by atoms with Crippen LogP contribution in [0.1, 0.15) is 0 Å². The largest absolute Gasteiger partial charge is 0.282 e. The second-order valence-electron chi connectivity index (χ2n) is 6.67. The van der Waals surface area contributed by atoms with Gasteiger partial charge in [-0.15, -0.1) is 0 Å². The number of pyridine rings is 1. The van der Waals surface area contributed by atoms with Crippen LogP contribution in [0.4, 0.5) is 0 Å². The molecule has 0 atom stereocenters. The van der Waals surface area contributed by atoms with Gasteiger partial charge in [-0.25, -0.2) is 8.42 Å². The lowest BCUT2D eigenvalue weighted by molar-refractivity contribution is 0.146. The molecule has 10 heteroatoms. The lowest BCUT2D eigenvalue weighted by Crippen LogP contribution is -2.49. The van der Waals surface area contributed by atoms with Crippen molar-refractivity contribution in [1.82, 2.24) is 24.0 Å². The highest BCUT2D eigenvalue weighted by molar-refractivity contribution is 7.89. The molecule has 1 aliphatic heterocycles. The zero-order valence-electron chi connectivity index (χ0n) is 15.4. The Morgan fingerprint density at radius 3 is 2.48 bits per heavy atom. The van der Waals surface area contributed by atoms with E-state index in [9.17, 15) is 8.42 Å². The van der Waals surface area contributed by atoms with Gasteiger partial charge in [0, 0.05) is 50.3 Å². The smallest absolute Gasteiger partial charge is 0.244 e. The summed E-state index contributed by atoms with van der Waals surface area (Å²) in [7, 11) is -3.69. The lowest BCUT2D eigenvalue weighted by Gasteiger charge is -2.34. The van der Waals surface area contributed by atoms with Gasteiger partial charge in [-0.05, 0) is 30.3 Å². The lowest BCUT2D eigenvalue weighted by atomic mass is 10.2. The molecule has 1 fully saturated rings. The molecule has 0 radical (unpaired) electrons. The van der Waals surface area contributed by atoms with Gasteiger partial charge in [0.25, 0.3) is 0 Å². The molecule has 29 heavy (non-hydrogen) atoms. The number of piperazine rings is 1. The van der Waals surface area contributed by atoms with E-state index in [0.29, 0.717) is 32.8 Å². The highest BCUT2D eigenvalue weighted by atomic mass is 35.5. The predicted octanol–water partition coefficient (Wildman–Crippen LogP) is 3.22. The first kappa shape index (κ1) is 20.3. The van der Waals surface area contributed by atoms with Crippen LogP contribution in [-0.4, -0.2) is 58.6 Å². The summed E-state index contributed by atoms with van der Waals surface area (Å²) in [5.74, 6) is 0. The molecule has 0 N–H and O–H groups in total. The summed E-state index contributed by atoms with van der Waals surface area (Å²) >= 11 is 12.1. The number of sulfonamides is 1. The summed E-state index contributed by atoms with van der Waals surface area (Å²) < 4.78 is 29.3. The summed E-state index contributed by atoms with van der Waals surface area (Å²) in [6.07, 6.45) is 5.28. The van der Waals surface area contributed by atoms with Gasteiger partial charge in [0.15, 0.2) is 0 Å². The molecule has 0 bridgehead atoms. The predicted molar refractivity (Wildman–Crippen MR) is 112 cm³/mol. The third-order valence-electron chi connectivity index (χ3n) is 4.87. The number of nitrogens with zero attached hydrogens (tertiary/aromatic N) is 5. The first-order valence-corrected chi connectivity index (χ1v) is 11.2. The Morgan fingerprint density at radius 1 is 0.966 bits per heavy atom. The Labute approximate surface area is 179 Å². The highest BCUT2D eigenvalue weighted by Crippen LogP contribution is 2.31. The first-order valence-electron chi connectivity index (χ1n) is 9.05. The van der Waals surface area contributed by atoms with E-state index >= 15 is 0 Å². The van der Waals surface area contributed by atoms with E-state index in [2.05, 4.69) is 15.0 Å². The quantitative estimate of drug-likeness (QED) is 0.595. The third kappa shape index (κ3) is 4.17. The number of hydrogen-bond donors (Lipinski definition) is 0. The molecule has 0 saturated carbocycles. The maximum Gasteiger partial charge on any atom is 0.244 e. The van der Waals surface area contributed by atoms with Gasteiger partial charge in [-0.3, -0.25) is 14.6 Å². The van der Waals surface area contributed by atoms with Gasteiger partial charge in [0.05, 0.1) is 22.4 Å². The number of benzene rings is 1. The Bertz CT molecular complexity index is 1100. The third-order valence-corrected chi connectivity index (χ3v) is 7.75. The van der Waals surface area contributed by atoms with Crippen molar-refractivity contribution in [2.45, 2.75) is 11.6 Å². The van der Waals surface area contributed by atoms with Crippen molar-refractivity contribution in [2.75, 3.05) is 26.2 Å². The van der Waals surface area contributed by atoms with Gasteiger partial charge in [0.1, 0.15) is 4.90 Å². The van der Waals surface area contributed by atoms with Gasteiger partial charge in [0.2, 0.25) is 10.0 Å². The van der Waals surface area contributed by atoms with E-state index < -0.39 is 10.0 Å². The highest BCUT2D eigenvalue weighted by Gasteiger charge is 2.30. The molecule has 4 rings (SSSR count). The van der Waals surface area contributed by atoms with Crippen LogP contribution in [0.3, 0.4) is 0 Å². The van der Waals surface area contributed by atoms with E-state index in [-0.39, 0.29) is 14.9 Å². The maximum atomic E-state index is 13.0. The average molecular weight is 452 g/mol. The van der Waals surface area contributed by atoms with Crippen molar-refractivity contribution in [1.29, 1.82) is 0 Å². The van der Waals surface area contributed by atoms with Crippen LogP contribution in [0.25, 0.3) is 11.3 Å². The molecule has 1 aliphatic rings. The molecule has 0 amide bonds. The summed E-state index contributed by atoms with van der Waals surface area (Å²) in [6, 6.07) is 10.5. The monoisotopic (exact) mass is 451 g/mol. The summed E-state index contributed by atoms with van der Waals surface area (Å²) in [4.78, 5) is 6.37. The maximum absolute atomic E-state index is 13.0. The standard InChI is InChI=1S/C19H19Cl2N5O2S/c20-16-4-1-5-18(19(16)21)29(27,28)25-11-9-24(10-12-25)14-26-17(6-8-23-26)15-3-2-7-22-13-15/h1-8,13H,9-12,14H2. The van der Waals surface area contributed by atoms with Gasteiger partial charge >= 0.3 is 0 Å². The summed E-state index contributed by atoms with van der Waals surface area (Å²) in [6.45, 7) is 2.49. The summed E-state index contributed by atoms with van der Waals surface area (Å²) in [5, 5.41) is 4.70. The molecule has 152 valence electrons. The molecule has 0 spiro atoms. The minimum atomic E-state index is -3.69. The van der Waals surface area contributed by atoms with Gasteiger partial charge < -0.3 is 0 Å². The van der Waals surface area contributed by atoms with Crippen molar-refractivity contribution < 1.29 is 8.42 Å². The van der Waals surface area contributed by atoms with Crippen LogP contribution >= 0.6 is 23.2 Å². The van der Waals surface area contributed by atoms with Crippen LogP contribution in [-0.2, 0) is 16.7 Å². The van der Waals surface area contributed by atoms with Crippen molar-refractivity contribution >= 4 is 33.2 Å². The molecule has 1 saturated heterocycles. The number of hydrogen-bond acceptors (Lipinski definition) is 5. The van der Waals surface area contributed by atoms with E-state index in [0.717, 1.165) is 11.3 Å². The van der Waals surface area contributed by atoms with Gasteiger partial charge in [-0.1, -0.05) is 29.3 Å². The Hall–Kier alpha value is -1.97. The summed E-state index contributed by atoms with van der Waals surface area (Å²) in [5.41, 5.74) is 1.96. The van der Waals surface area contributed by atoms with Crippen LogP contribution < -0.4 is 0 Å². The molecule has 7 nitrogen and oxygen atoms in total. The van der Waals surface area contributed by atoms with Gasteiger partial charge in [-0.2, -0.15) is 9.40 Å². The number of rotatable bonds is 5. The minimum Gasteiger partial charge on any atom is -0.282 e. The van der Waals surface area contributed by atoms with Crippen LogP contribution in [0, 0.1) is 0 Å². The van der Waals surface area contributed by atoms with E-state index in [1.807, 2.05) is 22.9 Å². The topological polar surface area (TPSA) is 71.3 Å². The SMILES string of the molecule is O=S(=O)(c1cccc(Cl)c1Cl)N1CCN(Cn2nccc2-c2cccnc2)CC1. The first-order chi connectivity index (χ1) is 14.0. The number of aromatic nitrogens is 3. The molecule has 1 aromatic carbocycles. The molecule has 3 aromatic rings. The Balaban J connectivity index is 1.44. The van der Waals surface area contributed by atoms with Crippen molar-refractivity contribution in [3.05, 3.63) is 65.0 Å². The van der Waals surface area contributed by atoms with Crippen molar-refractivity contribution in [3.63, 3.8) is 0 Å². The molecule has 0 aliphatic carbocycles. The molecule has 3 heterocycles. The average Bonchev–Trinajstić information content (AvgIpc) is 3.19. The fourth-order valence-corrected chi connectivity index (χ4v) is 5.49. The van der Waals surface area contributed by atoms with Crippen LogP contribution in [0.2, 0.25) is 10.0 Å². The Morgan fingerprint density at radius 2 is 1.76 bits per heavy atom. The van der Waals surface area contributed by atoms with Crippen LogP contribution in [0.15, 0.2) is 59.9 Å². The fraction of sp³-hybridized carbons (Fsp3) is 0.263. The molecular weight excluding hydrogens is 433 g/mol. The van der Waals surface area contributed by atoms with Crippen LogP contribution in [0.5, 0.6) is 0 Å². The number of halogens is 2. The van der Waals surface area contributed by atoms with Crippen molar-refractivity contribution in [3.8, 4) is 11.3 Å². The normalized spacial score (nSPS) is 16.2. The second kappa shape index (κ2) is 8.41. The Kier molecular flexibility index (Phi) is 5.89. The molecule has 0 unspecified atom stereocenters. The van der Waals surface area contributed by atoms with E-state index in [4.69, 9.17) is 23.2 Å². The molecular formula is C19H19Cl2N5O2S. The van der Waals surface area contributed by atoms with E-state index in [1.165, 1.54) is 10.4 Å². The second-order valence-corrected chi connectivity index (χ2v) is 9.36. The zero-order valence-corrected chi connectivity index (χ0v) is 17.8. The fourth-order valence-electron chi connectivity index (χ4n) is 3.33. The van der Waals surface area contributed by atoms with E-state index in [1.54, 1.807) is 30.7 Å². The van der Waals surface area contributed by atoms with Crippen molar-refractivity contribution in [2.24, 2.45) is 0 Å². The minimum absolute atomic E-state index is 0.0473. The zero-order chi connectivity index (χ0) is 20.4.